The highest BCUT2D eigenvalue weighted by molar-refractivity contribution is 5.76. The van der Waals surface area contributed by atoms with Gasteiger partial charge in [0.2, 0.25) is 0 Å². The van der Waals surface area contributed by atoms with Gasteiger partial charge in [-0.3, -0.25) is 4.79 Å². The topological polar surface area (TPSA) is 159 Å². The summed E-state index contributed by atoms with van der Waals surface area (Å²) < 4.78 is 36.4. The molecule has 42 heavy (non-hydrogen) atoms. The van der Waals surface area contributed by atoms with Gasteiger partial charge in [-0.25, -0.2) is 14.4 Å². The second-order valence-electron chi connectivity index (χ2n) is 11.4. The smallest absolute Gasteiger partial charge is 0.458 e. The summed E-state index contributed by atoms with van der Waals surface area (Å²) in [7, 11) is 0. The number of esters is 1. The molecule has 0 saturated heterocycles. The molecular weight excluding hydrogens is 550 g/mol. The molecule has 4 atom stereocenters. The van der Waals surface area contributed by atoms with Gasteiger partial charge in [0.15, 0.2) is 11.5 Å². The molecule has 1 aromatic rings. The SMILES string of the molecule is CCCC(C)OC(=O)Oc1ccc(C[C@H](N)C(=O)O[C@@H](C)COC(=O)OCC(C)(C)C)cc1OC(=O)OC(C)CCC. The average Bonchev–Trinajstić information content (AvgIpc) is 2.87. The highest BCUT2D eigenvalue weighted by Crippen LogP contribution is 2.30. The summed E-state index contributed by atoms with van der Waals surface area (Å²) in [5.41, 5.74) is 6.32. The Kier molecular flexibility index (Phi) is 15.7. The minimum atomic E-state index is -1.10. The van der Waals surface area contributed by atoms with Crippen molar-refractivity contribution in [3.05, 3.63) is 23.8 Å². The van der Waals surface area contributed by atoms with Crippen LogP contribution in [-0.4, -0.2) is 62.0 Å². The van der Waals surface area contributed by atoms with Crippen molar-refractivity contribution in [2.75, 3.05) is 13.2 Å². The Labute approximate surface area is 248 Å². The molecule has 0 heterocycles. The van der Waals surface area contributed by atoms with E-state index in [0.29, 0.717) is 18.4 Å². The maximum Gasteiger partial charge on any atom is 0.514 e. The summed E-state index contributed by atoms with van der Waals surface area (Å²) in [6.45, 7) is 14.6. The number of hydrogen-bond donors (Lipinski definition) is 1. The molecule has 0 aliphatic rings. The van der Waals surface area contributed by atoms with Gasteiger partial charge in [-0.05, 0) is 63.1 Å². The lowest BCUT2D eigenvalue weighted by molar-refractivity contribution is -0.152. The van der Waals surface area contributed by atoms with E-state index in [2.05, 4.69) is 0 Å². The van der Waals surface area contributed by atoms with E-state index in [-0.39, 0.29) is 48.8 Å². The van der Waals surface area contributed by atoms with E-state index in [1.807, 2.05) is 34.6 Å². The predicted molar refractivity (Wildman–Crippen MR) is 153 cm³/mol. The highest BCUT2D eigenvalue weighted by Gasteiger charge is 2.23. The Morgan fingerprint density at radius 1 is 0.762 bits per heavy atom. The van der Waals surface area contributed by atoms with Gasteiger partial charge in [0.05, 0.1) is 6.61 Å². The molecule has 0 saturated carbocycles. The summed E-state index contributed by atoms with van der Waals surface area (Å²) in [5, 5.41) is 0. The number of carbonyl (C=O) groups is 4. The summed E-state index contributed by atoms with van der Waals surface area (Å²) in [6.07, 6.45) is -1.42. The Hall–Kier alpha value is -3.54. The molecule has 2 unspecified atom stereocenters. The third-order valence-corrected chi connectivity index (χ3v) is 5.51. The summed E-state index contributed by atoms with van der Waals surface area (Å²) in [5.74, 6) is -0.927. The van der Waals surface area contributed by atoms with Crippen molar-refractivity contribution in [2.45, 2.75) is 112 Å². The molecule has 0 aromatic heterocycles. The van der Waals surface area contributed by atoms with Crippen molar-refractivity contribution in [2.24, 2.45) is 11.1 Å². The van der Waals surface area contributed by atoms with Gasteiger partial charge in [0.1, 0.15) is 31.0 Å². The van der Waals surface area contributed by atoms with E-state index in [9.17, 15) is 19.2 Å². The van der Waals surface area contributed by atoms with Crippen LogP contribution in [0.3, 0.4) is 0 Å². The predicted octanol–water partition coefficient (Wildman–Crippen LogP) is 6.10. The van der Waals surface area contributed by atoms with E-state index in [1.54, 1.807) is 26.8 Å². The number of rotatable bonds is 15. The molecule has 12 nitrogen and oxygen atoms in total. The number of nitrogens with two attached hydrogens (primary N) is 1. The van der Waals surface area contributed by atoms with Crippen LogP contribution in [0.5, 0.6) is 11.5 Å². The van der Waals surface area contributed by atoms with Crippen LogP contribution < -0.4 is 15.2 Å². The van der Waals surface area contributed by atoms with E-state index >= 15 is 0 Å². The van der Waals surface area contributed by atoms with Crippen molar-refractivity contribution >= 4 is 24.4 Å². The summed E-state index contributed by atoms with van der Waals surface area (Å²) in [4.78, 5) is 49.0. The normalized spacial score (nSPS) is 14.0. The van der Waals surface area contributed by atoms with E-state index in [0.717, 1.165) is 12.8 Å². The number of hydrogen-bond acceptors (Lipinski definition) is 12. The Morgan fingerprint density at radius 3 is 1.83 bits per heavy atom. The maximum atomic E-state index is 12.6. The molecule has 1 aromatic carbocycles. The fraction of sp³-hybridized carbons (Fsp3) is 0.667. The average molecular weight is 598 g/mol. The number of ether oxygens (including phenoxy) is 7. The van der Waals surface area contributed by atoms with Gasteiger partial charge >= 0.3 is 24.4 Å². The molecule has 2 N–H and O–H groups in total. The molecule has 0 aliphatic heterocycles. The van der Waals surface area contributed by atoms with Crippen LogP contribution in [0.4, 0.5) is 14.4 Å². The first-order chi connectivity index (χ1) is 19.6. The quantitative estimate of drug-likeness (QED) is 0.141. The van der Waals surface area contributed by atoms with Gasteiger partial charge in [-0.2, -0.15) is 0 Å². The molecule has 0 radical (unpaired) electrons. The Bertz CT molecular complexity index is 1020. The lowest BCUT2D eigenvalue weighted by atomic mass is 9.99. The fourth-order valence-corrected chi connectivity index (χ4v) is 3.49. The maximum absolute atomic E-state index is 12.6. The lowest BCUT2D eigenvalue weighted by Gasteiger charge is -2.19. The third kappa shape index (κ3) is 15.5. The van der Waals surface area contributed by atoms with Crippen LogP contribution in [0.25, 0.3) is 0 Å². The van der Waals surface area contributed by atoms with Gasteiger partial charge in [0.25, 0.3) is 0 Å². The van der Waals surface area contributed by atoms with Gasteiger partial charge in [-0.1, -0.05) is 53.5 Å². The highest BCUT2D eigenvalue weighted by atomic mass is 16.8. The zero-order valence-electron chi connectivity index (χ0n) is 26.1. The minimum absolute atomic E-state index is 0.00403. The largest absolute Gasteiger partial charge is 0.514 e. The first-order valence-electron chi connectivity index (χ1n) is 14.3. The fourth-order valence-electron chi connectivity index (χ4n) is 3.49. The van der Waals surface area contributed by atoms with Gasteiger partial charge < -0.3 is 38.9 Å². The van der Waals surface area contributed by atoms with Crippen LogP contribution in [0.1, 0.15) is 86.6 Å². The van der Waals surface area contributed by atoms with Crippen LogP contribution in [0, 0.1) is 5.41 Å². The molecule has 0 amide bonds. The van der Waals surface area contributed by atoms with E-state index in [1.165, 1.54) is 12.1 Å². The van der Waals surface area contributed by atoms with Crippen LogP contribution in [0.2, 0.25) is 0 Å². The van der Waals surface area contributed by atoms with E-state index < -0.39 is 36.6 Å². The molecule has 12 heteroatoms. The lowest BCUT2D eigenvalue weighted by Crippen LogP contribution is -2.37. The van der Waals surface area contributed by atoms with Crippen LogP contribution in [0.15, 0.2) is 18.2 Å². The summed E-state index contributed by atoms with van der Waals surface area (Å²) >= 11 is 0. The second kappa shape index (κ2) is 18.1. The number of carbonyl (C=O) groups excluding carboxylic acids is 4. The zero-order valence-corrected chi connectivity index (χ0v) is 26.1. The Morgan fingerprint density at radius 2 is 1.31 bits per heavy atom. The minimum Gasteiger partial charge on any atom is -0.458 e. The Balaban J connectivity index is 2.88. The van der Waals surface area contributed by atoms with E-state index in [4.69, 9.17) is 38.9 Å². The molecule has 238 valence electrons. The van der Waals surface area contributed by atoms with Crippen molar-refractivity contribution in [3.63, 3.8) is 0 Å². The molecule has 0 bridgehead atoms. The van der Waals surface area contributed by atoms with Crippen molar-refractivity contribution in [1.29, 1.82) is 0 Å². The first kappa shape index (κ1) is 36.5. The van der Waals surface area contributed by atoms with Crippen molar-refractivity contribution < 1.29 is 52.3 Å². The van der Waals surface area contributed by atoms with Gasteiger partial charge in [0, 0.05) is 0 Å². The molecule has 1 rings (SSSR count). The zero-order chi connectivity index (χ0) is 31.9. The van der Waals surface area contributed by atoms with Crippen molar-refractivity contribution in [1.82, 2.24) is 0 Å². The van der Waals surface area contributed by atoms with Crippen LogP contribution in [-0.2, 0) is 34.9 Å². The standard InChI is InChI=1S/C30H47NO11/c1-9-11-19(3)39-28(34)41-24-14-13-22(16-25(24)42-29(35)40-20(4)12-10-2)15-23(31)26(32)38-21(5)17-36-27(33)37-18-30(6,7)8/h13-14,16,19-21,23H,9-12,15,17-18,31H2,1-8H3/t19?,20?,21-,23-/m0/s1. The third-order valence-electron chi connectivity index (χ3n) is 5.51. The van der Waals surface area contributed by atoms with Gasteiger partial charge in [-0.15, -0.1) is 0 Å². The summed E-state index contributed by atoms with van der Waals surface area (Å²) in [6, 6.07) is 3.27. The monoisotopic (exact) mass is 597 g/mol. The first-order valence-corrected chi connectivity index (χ1v) is 14.3. The number of benzene rings is 1. The molecular formula is C30H47NO11. The second-order valence-corrected chi connectivity index (χ2v) is 11.4. The molecule has 0 spiro atoms. The molecule has 0 aliphatic carbocycles. The van der Waals surface area contributed by atoms with Crippen LogP contribution >= 0.6 is 0 Å². The molecule has 0 fully saturated rings. The van der Waals surface area contributed by atoms with Crippen molar-refractivity contribution in [3.8, 4) is 11.5 Å².